The van der Waals surface area contributed by atoms with Crippen molar-refractivity contribution in [1.82, 2.24) is 0 Å². The Morgan fingerprint density at radius 1 is 1.29 bits per heavy atom. The van der Waals surface area contributed by atoms with Crippen LogP contribution in [0.15, 0.2) is 23.4 Å². The second-order valence-corrected chi connectivity index (χ2v) is 4.72. The van der Waals surface area contributed by atoms with Gasteiger partial charge < -0.3 is 20.2 Å². The van der Waals surface area contributed by atoms with Gasteiger partial charge >= 0.3 is 5.97 Å². The number of phenolic OH excluding ortho intramolecular Hbond substituents is 1. The minimum absolute atomic E-state index is 0.0961. The summed E-state index contributed by atoms with van der Waals surface area (Å²) in [6.45, 7) is 1.64. The molecule has 0 aliphatic heterocycles. The van der Waals surface area contributed by atoms with Crippen LogP contribution in [-0.2, 0) is 4.79 Å². The van der Waals surface area contributed by atoms with E-state index in [1.54, 1.807) is 6.07 Å². The van der Waals surface area contributed by atoms with Gasteiger partial charge in [-0.1, -0.05) is 31.3 Å². The molecule has 0 aromatic heterocycles. The van der Waals surface area contributed by atoms with E-state index >= 15 is 0 Å². The Bertz CT molecular complexity index is 499. The van der Waals surface area contributed by atoms with Crippen LogP contribution in [0.1, 0.15) is 44.6 Å². The number of unbranched alkanes of at least 4 members (excludes halogenated alkanes) is 3. The first-order valence-electron chi connectivity index (χ1n) is 6.97. The number of carbonyl (C=O) groups is 1. The van der Waals surface area contributed by atoms with E-state index in [0.717, 1.165) is 25.7 Å². The number of oxime groups is 1. The molecular formula is C15H21NO5. The summed E-state index contributed by atoms with van der Waals surface area (Å²) in [5.74, 6) is -0.935. The van der Waals surface area contributed by atoms with Crippen LogP contribution < -0.4 is 4.74 Å². The predicted octanol–water partition coefficient (Wildman–Crippen LogP) is 3.00. The monoisotopic (exact) mass is 295 g/mol. The molecule has 0 aliphatic rings. The van der Waals surface area contributed by atoms with Crippen molar-refractivity contribution in [3.8, 4) is 11.5 Å². The molecule has 0 saturated carbocycles. The minimum Gasteiger partial charge on any atom is -0.507 e. The topological polar surface area (TPSA) is 99.4 Å². The predicted molar refractivity (Wildman–Crippen MR) is 78.3 cm³/mol. The van der Waals surface area contributed by atoms with Gasteiger partial charge in [0, 0.05) is 11.6 Å². The summed E-state index contributed by atoms with van der Waals surface area (Å²) >= 11 is 0. The van der Waals surface area contributed by atoms with Crippen LogP contribution in [0, 0.1) is 0 Å². The quantitative estimate of drug-likeness (QED) is 0.281. The van der Waals surface area contributed by atoms with Crippen LogP contribution in [0.25, 0.3) is 0 Å². The summed E-state index contributed by atoms with van der Waals surface area (Å²) < 4.78 is 4.97. The second kappa shape index (κ2) is 8.84. The fourth-order valence-electron chi connectivity index (χ4n) is 1.95. The summed E-state index contributed by atoms with van der Waals surface area (Å²) in [5.41, 5.74) is 0.838. The molecule has 116 valence electrons. The molecular weight excluding hydrogens is 274 g/mol. The molecule has 0 radical (unpaired) electrons. The van der Waals surface area contributed by atoms with Crippen molar-refractivity contribution in [1.29, 1.82) is 0 Å². The summed E-state index contributed by atoms with van der Waals surface area (Å²) in [4.78, 5) is 10.4. The number of ether oxygens (including phenoxy) is 1. The van der Waals surface area contributed by atoms with Gasteiger partial charge in [-0.25, -0.2) is 4.79 Å². The fraction of sp³-hybridized carbons (Fsp3) is 0.467. The lowest BCUT2D eigenvalue weighted by Gasteiger charge is -2.09. The highest BCUT2D eigenvalue weighted by atomic mass is 16.5. The van der Waals surface area contributed by atoms with E-state index in [2.05, 4.69) is 12.1 Å². The largest absolute Gasteiger partial charge is 0.507 e. The Labute approximate surface area is 123 Å². The minimum atomic E-state index is -1.09. The summed E-state index contributed by atoms with van der Waals surface area (Å²) in [5, 5.41) is 30.8. The molecule has 0 unspecified atom stereocenters. The standard InChI is InChI=1S/C15H21NO5/c1-2-3-4-5-6-13(16-20)12-8-7-11(9-14(12)17)21-10-15(18)19/h7-9,17,20H,2-6,10H2,1H3,(H,18,19)/b16-13-. The molecule has 0 bridgehead atoms. The third kappa shape index (κ3) is 5.72. The Morgan fingerprint density at radius 2 is 2.05 bits per heavy atom. The summed E-state index contributed by atoms with van der Waals surface area (Å²) in [6.07, 6.45) is 4.72. The lowest BCUT2D eigenvalue weighted by Crippen LogP contribution is -2.09. The molecule has 0 aliphatic carbocycles. The van der Waals surface area contributed by atoms with Crippen molar-refractivity contribution < 1.29 is 25.0 Å². The van der Waals surface area contributed by atoms with Crippen LogP contribution in [-0.4, -0.2) is 33.7 Å². The van der Waals surface area contributed by atoms with Gasteiger partial charge in [-0.15, -0.1) is 0 Å². The van der Waals surface area contributed by atoms with Gasteiger partial charge in [-0.2, -0.15) is 0 Å². The first-order chi connectivity index (χ1) is 10.1. The van der Waals surface area contributed by atoms with Crippen LogP contribution >= 0.6 is 0 Å². The number of hydrogen-bond donors (Lipinski definition) is 3. The number of hydrogen-bond acceptors (Lipinski definition) is 5. The first-order valence-corrected chi connectivity index (χ1v) is 6.97. The Morgan fingerprint density at radius 3 is 2.62 bits per heavy atom. The van der Waals surface area contributed by atoms with E-state index in [9.17, 15) is 9.90 Å². The molecule has 0 atom stereocenters. The average Bonchev–Trinajstić information content (AvgIpc) is 2.46. The number of phenols is 1. The van der Waals surface area contributed by atoms with Crippen molar-refractivity contribution in [2.24, 2.45) is 5.16 Å². The van der Waals surface area contributed by atoms with Gasteiger partial charge in [0.05, 0.1) is 5.71 Å². The first kappa shape index (κ1) is 16.8. The molecule has 0 spiro atoms. The van der Waals surface area contributed by atoms with E-state index in [1.807, 2.05) is 0 Å². The van der Waals surface area contributed by atoms with E-state index < -0.39 is 12.6 Å². The number of aliphatic carboxylic acids is 1. The molecule has 1 aromatic carbocycles. The van der Waals surface area contributed by atoms with Gasteiger partial charge in [-0.3, -0.25) is 0 Å². The Hall–Kier alpha value is -2.24. The smallest absolute Gasteiger partial charge is 0.341 e. The Balaban J connectivity index is 2.70. The van der Waals surface area contributed by atoms with Gasteiger partial charge in [0.1, 0.15) is 11.5 Å². The normalized spacial score (nSPS) is 11.4. The molecule has 0 saturated heterocycles. The van der Waals surface area contributed by atoms with Gasteiger partial charge in [-0.05, 0) is 25.0 Å². The van der Waals surface area contributed by atoms with Crippen molar-refractivity contribution in [2.75, 3.05) is 6.61 Å². The molecule has 0 amide bonds. The summed E-state index contributed by atoms with van der Waals surface area (Å²) in [6, 6.07) is 4.41. The zero-order valence-electron chi connectivity index (χ0n) is 12.1. The number of carboxylic acids is 1. The molecule has 3 N–H and O–H groups in total. The molecule has 1 aromatic rings. The third-order valence-corrected chi connectivity index (χ3v) is 3.03. The number of benzene rings is 1. The van der Waals surface area contributed by atoms with Gasteiger partial charge in [0.2, 0.25) is 0 Å². The highest BCUT2D eigenvalue weighted by Crippen LogP contribution is 2.25. The maximum absolute atomic E-state index is 10.4. The fourth-order valence-corrected chi connectivity index (χ4v) is 1.95. The second-order valence-electron chi connectivity index (χ2n) is 4.72. The van der Waals surface area contributed by atoms with Crippen LogP contribution in [0.4, 0.5) is 0 Å². The zero-order chi connectivity index (χ0) is 15.7. The van der Waals surface area contributed by atoms with E-state index in [-0.39, 0.29) is 11.5 Å². The molecule has 1 rings (SSSR count). The molecule has 6 nitrogen and oxygen atoms in total. The van der Waals surface area contributed by atoms with Crippen molar-refractivity contribution >= 4 is 11.7 Å². The Kier molecular flexibility index (Phi) is 7.08. The maximum atomic E-state index is 10.4. The third-order valence-electron chi connectivity index (χ3n) is 3.03. The van der Waals surface area contributed by atoms with Crippen LogP contribution in [0.5, 0.6) is 11.5 Å². The van der Waals surface area contributed by atoms with Crippen molar-refractivity contribution in [2.45, 2.75) is 39.0 Å². The maximum Gasteiger partial charge on any atom is 0.341 e. The lowest BCUT2D eigenvalue weighted by atomic mass is 10.0. The number of aromatic hydroxyl groups is 1. The van der Waals surface area contributed by atoms with Gasteiger partial charge in [0.15, 0.2) is 6.61 Å². The van der Waals surface area contributed by atoms with Gasteiger partial charge in [0.25, 0.3) is 0 Å². The average molecular weight is 295 g/mol. The van der Waals surface area contributed by atoms with E-state index in [1.165, 1.54) is 12.1 Å². The number of nitrogens with zero attached hydrogens (tertiary/aromatic N) is 1. The van der Waals surface area contributed by atoms with Crippen LogP contribution in [0.3, 0.4) is 0 Å². The molecule has 0 heterocycles. The summed E-state index contributed by atoms with van der Waals surface area (Å²) in [7, 11) is 0. The van der Waals surface area contributed by atoms with Crippen molar-refractivity contribution in [3.63, 3.8) is 0 Å². The van der Waals surface area contributed by atoms with E-state index in [0.29, 0.717) is 17.7 Å². The number of rotatable bonds is 9. The zero-order valence-corrected chi connectivity index (χ0v) is 12.1. The molecule has 21 heavy (non-hydrogen) atoms. The lowest BCUT2D eigenvalue weighted by molar-refractivity contribution is -0.139. The highest BCUT2D eigenvalue weighted by molar-refractivity contribution is 6.02. The molecule has 6 heteroatoms. The number of carboxylic acid groups (broad SMARTS) is 1. The highest BCUT2D eigenvalue weighted by Gasteiger charge is 2.11. The van der Waals surface area contributed by atoms with E-state index in [4.69, 9.17) is 15.1 Å². The molecule has 0 fully saturated rings. The SMILES string of the molecule is CCCCCC/C(=N/O)c1ccc(OCC(=O)O)cc1O. The van der Waals surface area contributed by atoms with Crippen molar-refractivity contribution in [3.05, 3.63) is 23.8 Å². The van der Waals surface area contributed by atoms with Crippen LogP contribution in [0.2, 0.25) is 0 Å².